The molecule has 1 atom stereocenters. The summed E-state index contributed by atoms with van der Waals surface area (Å²) in [6.45, 7) is 5.38. The Bertz CT molecular complexity index is 254. The maximum Gasteiger partial charge on any atom is 0.0717 e. The number of hydrogen-bond donors (Lipinski definition) is 1. The predicted molar refractivity (Wildman–Crippen MR) is 59.1 cm³/mol. The molecule has 0 saturated carbocycles. The smallest absolute Gasteiger partial charge is 0.0717 e. The van der Waals surface area contributed by atoms with Gasteiger partial charge in [-0.25, -0.2) is 0 Å². The lowest BCUT2D eigenvalue weighted by Gasteiger charge is -2.07. The fraction of sp³-hybridized carbons (Fsp3) is 0.500. The fourth-order valence-electron chi connectivity index (χ4n) is 1.23. The van der Waals surface area contributed by atoms with Crippen LogP contribution in [0.3, 0.4) is 0 Å². The molecular weight excluding hydrogens is 174 g/mol. The Balaban J connectivity index is 2.36. The van der Waals surface area contributed by atoms with Crippen molar-refractivity contribution in [1.82, 2.24) is 0 Å². The molecule has 0 aliphatic carbocycles. The Morgan fingerprint density at radius 2 is 1.79 bits per heavy atom. The van der Waals surface area contributed by atoms with E-state index in [1.807, 2.05) is 6.92 Å². The molecule has 0 radical (unpaired) electrons. The standard InChI is InChI=1S/C12H19NO/c1-3-11-4-6-12(7-5-11)9-14-8-10(2)13/h4-7,10H,3,8-9,13H2,1-2H3. The van der Waals surface area contributed by atoms with Crippen LogP contribution in [0.5, 0.6) is 0 Å². The van der Waals surface area contributed by atoms with Crippen LogP contribution in [-0.2, 0) is 17.8 Å². The average molecular weight is 193 g/mol. The zero-order valence-electron chi connectivity index (χ0n) is 8.99. The molecule has 0 saturated heterocycles. The van der Waals surface area contributed by atoms with Gasteiger partial charge in [-0.1, -0.05) is 31.2 Å². The number of hydrogen-bond acceptors (Lipinski definition) is 2. The molecule has 1 aromatic rings. The van der Waals surface area contributed by atoms with E-state index >= 15 is 0 Å². The fourth-order valence-corrected chi connectivity index (χ4v) is 1.23. The first-order valence-corrected chi connectivity index (χ1v) is 5.13. The number of nitrogens with two attached hydrogens (primary N) is 1. The first kappa shape index (κ1) is 11.2. The van der Waals surface area contributed by atoms with Gasteiger partial charge in [-0.3, -0.25) is 0 Å². The van der Waals surface area contributed by atoms with Crippen LogP contribution in [0.25, 0.3) is 0 Å². The molecule has 1 rings (SSSR count). The Morgan fingerprint density at radius 3 is 2.29 bits per heavy atom. The highest BCUT2D eigenvalue weighted by atomic mass is 16.5. The second-order valence-corrected chi connectivity index (χ2v) is 3.66. The minimum atomic E-state index is 0.116. The second kappa shape index (κ2) is 5.78. The highest BCUT2D eigenvalue weighted by Gasteiger charge is 1.96. The highest BCUT2D eigenvalue weighted by Crippen LogP contribution is 2.06. The molecule has 2 nitrogen and oxygen atoms in total. The van der Waals surface area contributed by atoms with Gasteiger partial charge in [0, 0.05) is 6.04 Å². The van der Waals surface area contributed by atoms with E-state index < -0.39 is 0 Å². The summed E-state index contributed by atoms with van der Waals surface area (Å²) in [6.07, 6.45) is 1.08. The van der Waals surface area contributed by atoms with Crippen LogP contribution < -0.4 is 5.73 Å². The highest BCUT2D eigenvalue weighted by molar-refractivity contribution is 5.21. The van der Waals surface area contributed by atoms with Gasteiger partial charge >= 0.3 is 0 Å². The lowest BCUT2D eigenvalue weighted by molar-refractivity contribution is 0.111. The van der Waals surface area contributed by atoms with Crippen molar-refractivity contribution in [1.29, 1.82) is 0 Å². The van der Waals surface area contributed by atoms with Crippen molar-refractivity contribution in [3.8, 4) is 0 Å². The number of rotatable bonds is 5. The predicted octanol–water partition coefficient (Wildman–Crippen LogP) is 2.11. The van der Waals surface area contributed by atoms with Crippen LogP contribution >= 0.6 is 0 Å². The third-order valence-corrected chi connectivity index (χ3v) is 2.08. The molecule has 0 amide bonds. The molecule has 0 aliphatic rings. The van der Waals surface area contributed by atoms with Crippen LogP contribution in [-0.4, -0.2) is 12.6 Å². The molecule has 0 fully saturated rings. The zero-order valence-corrected chi connectivity index (χ0v) is 8.99. The first-order chi connectivity index (χ1) is 6.72. The van der Waals surface area contributed by atoms with Crippen molar-refractivity contribution in [2.75, 3.05) is 6.61 Å². The van der Waals surface area contributed by atoms with Gasteiger partial charge < -0.3 is 10.5 Å². The van der Waals surface area contributed by atoms with Gasteiger partial charge in [0.2, 0.25) is 0 Å². The van der Waals surface area contributed by atoms with Crippen molar-refractivity contribution in [2.24, 2.45) is 5.73 Å². The maximum absolute atomic E-state index is 5.58. The Hall–Kier alpha value is -0.860. The van der Waals surface area contributed by atoms with Crippen molar-refractivity contribution in [2.45, 2.75) is 32.9 Å². The van der Waals surface area contributed by atoms with Crippen molar-refractivity contribution >= 4 is 0 Å². The zero-order chi connectivity index (χ0) is 10.4. The SMILES string of the molecule is CCc1ccc(COCC(C)N)cc1. The van der Waals surface area contributed by atoms with E-state index in [-0.39, 0.29) is 6.04 Å². The van der Waals surface area contributed by atoms with Gasteiger partial charge in [-0.05, 0) is 24.5 Å². The molecule has 1 unspecified atom stereocenters. The van der Waals surface area contributed by atoms with Crippen molar-refractivity contribution in [3.63, 3.8) is 0 Å². The van der Waals surface area contributed by atoms with Crippen molar-refractivity contribution < 1.29 is 4.74 Å². The molecular formula is C12H19NO. The third-order valence-electron chi connectivity index (χ3n) is 2.08. The van der Waals surface area contributed by atoms with Crippen molar-refractivity contribution in [3.05, 3.63) is 35.4 Å². The normalized spacial score (nSPS) is 12.8. The lowest BCUT2D eigenvalue weighted by atomic mass is 10.1. The van der Waals surface area contributed by atoms with Gasteiger partial charge in [0.25, 0.3) is 0 Å². The minimum absolute atomic E-state index is 0.116. The Labute approximate surface area is 86.1 Å². The number of ether oxygens (including phenoxy) is 1. The summed E-state index contributed by atoms with van der Waals surface area (Å²) in [7, 11) is 0. The summed E-state index contributed by atoms with van der Waals surface area (Å²) in [4.78, 5) is 0. The summed E-state index contributed by atoms with van der Waals surface area (Å²) in [5, 5.41) is 0. The van der Waals surface area contributed by atoms with Crippen LogP contribution in [0, 0.1) is 0 Å². The molecule has 0 aliphatic heterocycles. The van der Waals surface area contributed by atoms with Gasteiger partial charge in [-0.15, -0.1) is 0 Å². The summed E-state index contributed by atoms with van der Waals surface area (Å²) in [5.74, 6) is 0. The minimum Gasteiger partial charge on any atom is -0.375 e. The van der Waals surface area contributed by atoms with Crippen LogP contribution in [0.15, 0.2) is 24.3 Å². The third kappa shape index (κ3) is 3.90. The molecule has 0 bridgehead atoms. The van der Waals surface area contributed by atoms with E-state index in [0.29, 0.717) is 13.2 Å². The average Bonchev–Trinajstić information content (AvgIpc) is 2.18. The van der Waals surface area contributed by atoms with Crippen LogP contribution in [0.2, 0.25) is 0 Å². The topological polar surface area (TPSA) is 35.2 Å². The van der Waals surface area contributed by atoms with Gasteiger partial charge in [-0.2, -0.15) is 0 Å². The summed E-state index contributed by atoms with van der Waals surface area (Å²) >= 11 is 0. The summed E-state index contributed by atoms with van der Waals surface area (Å²) in [5.41, 5.74) is 8.15. The van der Waals surface area contributed by atoms with Crippen LogP contribution in [0.1, 0.15) is 25.0 Å². The lowest BCUT2D eigenvalue weighted by Crippen LogP contribution is -2.21. The van der Waals surface area contributed by atoms with Crippen LogP contribution in [0.4, 0.5) is 0 Å². The molecule has 14 heavy (non-hydrogen) atoms. The molecule has 0 spiro atoms. The molecule has 1 aromatic carbocycles. The molecule has 0 aromatic heterocycles. The van der Waals surface area contributed by atoms with E-state index in [0.717, 1.165) is 6.42 Å². The van der Waals surface area contributed by atoms with Gasteiger partial charge in [0.1, 0.15) is 0 Å². The molecule has 0 heterocycles. The van der Waals surface area contributed by atoms with E-state index in [2.05, 4.69) is 31.2 Å². The first-order valence-electron chi connectivity index (χ1n) is 5.13. The second-order valence-electron chi connectivity index (χ2n) is 3.66. The van der Waals surface area contributed by atoms with E-state index in [1.165, 1.54) is 11.1 Å². The number of benzene rings is 1. The molecule has 2 N–H and O–H groups in total. The Morgan fingerprint density at radius 1 is 1.21 bits per heavy atom. The Kier molecular flexibility index (Phi) is 4.63. The maximum atomic E-state index is 5.58. The molecule has 78 valence electrons. The summed E-state index contributed by atoms with van der Waals surface area (Å²) < 4.78 is 5.43. The van der Waals surface area contributed by atoms with Gasteiger partial charge in [0.15, 0.2) is 0 Å². The largest absolute Gasteiger partial charge is 0.375 e. The van der Waals surface area contributed by atoms with E-state index in [1.54, 1.807) is 0 Å². The van der Waals surface area contributed by atoms with Gasteiger partial charge in [0.05, 0.1) is 13.2 Å². The molecule has 2 heteroatoms. The monoisotopic (exact) mass is 193 g/mol. The quantitative estimate of drug-likeness (QED) is 0.777. The number of aryl methyl sites for hydroxylation is 1. The van der Waals surface area contributed by atoms with E-state index in [9.17, 15) is 0 Å². The van der Waals surface area contributed by atoms with E-state index in [4.69, 9.17) is 10.5 Å². The summed E-state index contributed by atoms with van der Waals surface area (Å²) in [6, 6.07) is 8.62.